The molecule has 0 atom stereocenters. The molecule has 0 spiro atoms. The second-order valence-electron chi connectivity index (χ2n) is 1.74. The Balaban J connectivity index is 2.74. The minimum Gasteiger partial charge on any atom is -0.467 e. The van der Waals surface area contributed by atoms with Gasteiger partial charge in [-0.15, -0.1) is 0 Å². The zero-order valence-electron chi connectivity index (χ0n) is 4.87. The first-order valence-corrected chi connectivity index (χ1v) is 2.65. The Kier molecular flexibility index (Phi) is 1.87. The molecule has 0 saturated heterocycles. The predicted molar refractivity (Wildman–Crippen MR) is 30.6 cm³/mol. The lowest BCUT2D eigenvalue weighted by molar-refractivity contribution is 0.247. The van der Waals surface area contributed by atoms with Crippen LogP contribution < -0.4 is 0 Å². The van der Waals surface area contributed by atoms with E-state index in [1.807, 2.05) is 0 Å². The number of hydrogen-bond acceptors (Lipinski definition) is 3. The van der Waals surface area contributed by atoms with Gasteiger partial charge in [-0.05, 0) is 6.07 Å². The van der Waals surface area contributed by atoms with Crippen LogP contribution in [0.5, 0.6) is 0 Å². The van der Waals surface area contributed by atoms with E-state index in [-0.39, 0.29) is 13.2 Å². The van der Waals surface area contributed by atoms with Crippen molar-refractivity contribution in [1.29, 1.82) is 0 Å². The largest absolute Gasteiger partial charge is 0.467 e. The highest BCUT2D eigenvalue weighted by Gasteiger charge is 1.96. The van der Waals surface area contributed by atoms with Crippen LogP contribution in [0.25, 0.3) is 0 Å². The fourth-order valence-electron chi connectivity index (χ4n) is 0.592. The van der Waals surface area contributed by atoms with Gasteiger partial charge in [0, 0.05) is 5.56 Å². The molecule has 1 rings (SSSR count). The van der Waals surface area contributed by atoms with E-state index in [4.69, 9.17) is 14.6 Å². The number of aliphatic hydroxyl groups excluding tert-OH is 2. The number of hydrogen-bond donors (Lipinski definition) is 2. The molecule has 50 valence electrons. The zero-order valence-corrected chi connectivity index (χ0v) is 4.87. The van der Waals surface area contributed by atoms with Crippen LogP contribution in [0.1, 0.15) is 11.3 Å². The first kappa shape index (κ1) is 6.32. The van der Waals surface area contributed by atoms with Crippen LogP contribution in [-0.4, -0.2) is 10.2 Å². The van der Waals surface area contributed by atoms with Crippen molar-refractivity contribution in [2.75, 3.05) is 0 Å². The number of furan rings is 1. The normalized spacial score (nSPS) is 10.0. The Bertz CT molecular complexity index is 162. The van der Waals surface area contributed by atoms with Gasteiger partial charge in [0.15, 0.2) is 0 Å². The second-order valence-corrected chi connectivity index (χ2v) is 1.74. The van der Waals surface area contributed by atoms with E-state index < -0.39 is 0 Å². The summed E-state index contributed by atoms with van der Waals surface area (Å²) in [5, 5.41) is 17.0. The van der Waals surface area contributed by atoms with Gasteiger partial charge in [0.05, 0.1) is 12.9 Å². The van der Waals surface area contributed by atoms with E-state index in [9.17, 15) is 0 Å². The van der Waals surface area contributed by atoms with Crippen LogP contribution in [0.4, 0.5) is 0 Å². The monoisotopic (exact) mass is 130 g/mol. The Labute approximate surface area is 52.5 Å². The molecule has 1 aromatic rings. The van der Waals surface area contributed by atoms with Gasteiger partial charge in [0.25, 0.3) is 0 Å². The average Bonchev–Trinajstić information content (AvgIpc) is 2.34. The SMILES string of the molecule is OCc1co[14c](CO)c1. The summed E-state index contributed by atoms with van der Waals surface area (Å²) in [6, 6.07) is 1.61. The maximum absolute atomic E-state index is 8.50. The summed E-state index contributed by atoms with van der Waals surface area (Å²) in [5.41, 5.74) is 0.694. The van der Waals surface area contributed by atoms with Crippen molar-refractivity contribution in [2.45, 2.75) is 13.2 Å². The highest BCUT2D eigenvalue weighted by molar-refractivity contribution is 5.10. The van der Waals surface area contributed by atoms with E-state index in [1.54, 1.807) is 6.07 Å². The van der Waals surface area contributed by atoms with Crippen LogP contribution >= 0.6 is 0 Å². The molecular weight excluding hydrogens is 122 g/mol. The summed E-state index contributed by atoms with van der Waals surface area (Å²) in [6.45, 7) is -0.149. The molecule has 0 aliphatic carbocycles. The maximum Gasteiger partial charge on any atom is 0.129 e. The molecule has 0 fully saturated rings. The molecule has 3 nitrogen and oxygen atoms in total. The third-order valence-corrected chi connectivity index (χ3v) is 1.05. The van der Waals surface area contributed by atoms with Gasteiger partial charge in [-0.1, -0.05) is 0 Å². The van der Waals surface area contributed by atoms with Crippen molar-refractivity contribution in [1.82, 2.24) is 0 Å². The molecule has 1 aromatic heterocycles. The third kappa shape index (κ3) is 1.31. The standard InChI is InChI=1S/C6H8O3/c7-2-5-1-6(3-8)9-4-5/h1,4,7-8H,2-3H2/i6+2. The minimum atomic E-state index is -0.111. The van der Waals surface area contributed by atoms with Gasteiger partial charge in [-0.25, -0.2) is 0 Å². The van der Waals surface area contributed by atoms with Crippen LogP contribution in [0.2, 0.25) is 0 Å². The molecule has 0 aliphatic heterocycles. The summed E-state index contributed by atoms with van der Waals surface area (Å²) < 4.78 is 4.79. The molecule has 3 heteroatoms. The fraction of sp³-hybridized carbons (Fsp3) is 0.333. The highest BCUT2D eigenvalue weighted by atomic mass is 16.5. The lowest BCUT2D eigenvalue weighted by atomic mass is 10.4. The van der Waals surface area contributed by atoms with E-state index in [0.29, 0.717) is 11.3 Å². The number of aliphatic hydroxyl groups is 2. The van der Waals surface area contributed by atoms with E-state index in [2.05, 4.69) is 0 Å². The van der Waals surface area contributed by atoms with Crippen LogP contribution in [0.15, 0.2) is 16.7 Å². The van der Waals surface area contributed by atoms with E-state index in [0.717, 1.165) is 0 Å². The topological polar surface area (TPSA) is 53.6 Å². The molecule has 0 aliphatic rings. The summed E-state index contributed by atoms with van der Waals surface area (Å²) in [6.07, 6.45) is 1.42. The molecule has 0 unspecified atom stereocenters. The predicted octanol–water partition coefficient (Wildman–Crippen LogP) is 0.264. The van der Waals surface area contributed by atoms with Gasteiger partial charge in [-0.2, -0.15) is 0 Å². The van der Waals surface area contributed by atoms with Crippen molar-refractivity contribution < 1.29 is 14.6 Å². The van der Waals surface area contributed by atoms with Gasteiger partial charge in [0.2, 0.25) is 0 Å². The third-order valence-electron chi connectivity index (χ3n) is 1.05. The number of rotatable bonds is 2. The van der Waals surface area contributed by atoms with Gasteiger partial charge in [0.1, 0.15) is 12.4 Å². The Morgan fingerprint density at radius 1 is 1.56 bits per heavy atom. The van der Waals surface area contributed by atoms with Crippen LogP contribution in [0.3, 0.4) is 0 Å². The molecule has 0 radical (unpaired) electrons. The molecule has 1 heterocycles. The molecule has 0 amide bonds. The average molecular weight is 130 g/mol. The summed E-state index contributed by atoms with van der Waals surface area (Å²) in [7, 11) is 0. The van der Waals surface area contributed by atoms with Crippen LogP contribution in [-0.2, 0) is 13.2 Å². The maximum atomic E-state index is 8.50. The first-order chi connectivity index (χ1) is 4.36. The van der Waals surface area contributed by atoms with Crippen molar-refractivity contribution in [2.24, 2.45) is 0 Å². The molecule has 0 aromatic carbocycles. The van der Waals surface area contributed by atoms with E-state index >= 15 is 0 Å². The molecule has 9 heavy (non-hydrogen) atoms. The van der Waals surface area contributed by atoms with Crippen molar-refractivity contribution in [3.05, 3.63) is 23.7 Å². The highest BCUT2D eigenvalue weighted by Crippen LogP contribution is 2.06. The second kappa shape index (κ2) is 2.66. The Hall–Kier alpha value is -0.800. The molecular formula is C6H8O3. The summed E-state index contributed by atoms with van der Waals surface area (Å²) in [5.74, 6) is 0.485. The van der Waals surface area contributed by atoms with Gasteiger partial charge >= 0.3 is 0 Å². The first-order valence-electron chi connectivity index (χ1n) is 2.65. The zero-order chi connectivity index (χ0) is 6.69. The van der Waals surface area contributed by atoms with Gasteiger partial charge < -0.3 is 14.6 Å². The lowest BCUT2D eigenvalue weighted by Gasteiger charge is -1.80. The lowest BCUT2D eigenvalue weighted by Crippen LogP contribution is -1.76. The fourth-order valence-corrected chi connectivity index (χ4v) is 0.592. The molecule has 0 bridgehead atoms. The minimum absolute atomic E-state index is 0.0382. The molecule has 2 N–H and O–H groups in total. The van der Waals surface area contributed by atoms with E-state index in [1.165, 1.54) is 6.26 Å². The van der Waals surface area contributed by atoms with Crippen molar-refractivity contribution in [3.8, 4) is 0 Å². The van der Waals surface area contributed by atoms with Crippen molar-refractivity contribution in [3.63, 3.8) is 0 Å². The van der Waals surface area contributed by atoms with Crippen molar-refractivity contribution >= 4 is 0 Å². The summed E-state index contributed by atoms with van der Waals surface area (Å²) in [4.78, 5) is 0. The summed E-state index contributed by atoms with van der Waals surface area (Å²) >= 11 is 0. The Morgan fingerprint density at radius 3 is 2.67 bits per heavy atom. The Morgan fingerprint density at radius 2 is 2.33 bits per heavy atom. The molecule has 0 saturated carbocycles. The van der Waals surface area contributed by atoms with Crippen LogP contribution in [0, 0.1) is 0 Å². The smallest absolute Gasteiger partial charge is 0.129 e. The van der Waals surface area contributed by atoms with Gasteiger partial charge in [-0.3, -0.25) is 0 Å². The quantitative estimate of drug-likeness (QED) is 0.604.